The summed E-state index contributed by atoms with van der Waals surface area (Å²) in [7, 11) is 0. The van der Waals surface area contributed by atoms with Crippen LogP contribution >= 0.6 is 22.7 Å². The molecule has 5 heteroatoms. The summed E-state index contributed by atoms with van der Waals surface area (Å²) in [6.07, 6.45) is 1.67. The van der Waals surface area contributed by atoms with Crippen molar-refractivity contribution < 1.29 is 4.79 Å². The van der Waals surface area contributed by atoms with Crippen molar-refractivity contribution in [3.8, 4) is 0 Å². The Labute approximate surface area is 128 Å². The number of nitrogens with two attached hydrogens (primary N) is 1. The summed E-state index contributed by atoms with van der Waals surface area (Å²) in [5, 5.41) is 4.07. The van der Waals surface area contributed by atoms with Crippen molar-refractivity contribution in [2.24, 2.45) is 5.73 Å². The van der Waals surface area contributed by atoms with Crippen molar-refractivity contribution in [3.05, 3.63) is 44.8 Å². The van der Waals surface area contributed by atoms with E-state index in [9.17, 15) is 4.79 Å². The van der Waals surface area contributed by atoms with Crippen LogP contribution in [0, 0.1) is 0 Å². The molecule has 1 atom stereocenters. The average molecular weight is 308 g/mol. The smallest absolute Gasteiger partial charge is 0.240 e. The van der Waals surface area contributed by atoms with E-state index in [0.29, 0.717) is 13.1 Å². The maximum Gasteiger partial charge on any atom is 0.240 e. The number of carbonyl (C=O) groups excluding carboxylic acids is 1. The van der Waals surface area contributed by atoms with Gasteiger partial charge in [-0.1, -0.05) is 25.5 Å². The molecule has 3 nitrogen and oxygen atoms in total. The monoisotopic (exact) mass is 308 g/mol. The molecule has 2 heterocycles. The van der Waals surface area contributed by atoms with Crippen LogP contribution in [0.15, 0.2) is 35.0 Å². The first kappa shape index (κ1) is 15.2. The van der Waals surface area contributed by atoms with Gasteiger partial charge in [0.2, 0.25) is 5.91 Å². The minimum absolute atomic E-state index is 0.0497. The molecule has 0 radical (unpaired) electrons. The number of nitrogens with zero attached hydrogens (tertiary/aromatic N) is 1. The Bertz CT molecular complexity index is 472. The molecule has 0 saturated carbocycles. The van der Waals surface area contributed by atoms with E-state index in [2.05, 4.69) is 19.1 Å². The Balaban J connectivity index is 2.08. The molecule has 0 fully saturated rings. The van der Waals surface area contributed by atoms with Gasteiger partial charge in [0.15, 0.2) is 0 Å². The quantitative estimate of drug-likeness (QED) is 0.851. The lowest BCUT2D eigenvalue weighted by atomic mass is 10.1. The maximum atomic E-state index is 12.5. The van der Waals surface area contributed by atoms with Crippen molar-refractivity contribution in [3.63, 3.8) is 0 Å². The maximum absolute atomic E-state index is 12.5. The minimum Gasteiger partial charge on any atom is -0.331 e. The summed E-state index contributed by atoms with van der Waals surface area (Å²) in [5.74, 6) is 0.0497. The molecule has 2 aromatic heterocycles. The number of hydrogen-bond acceptors (Lipinski definition) is 4. The Hall–Kier alpha value is -1.17. The SMILES string of the molecule is CCC[C@@H](N)C(=O)N(Cc1cccs1)Cc1cccs1. The molecule has 0 aliphatic heterocycles. The fraction of sp³-hybridized carbons (Fsp3) is 0.400. The highest BCUT2D eigenvalue weighted by Crippen LogP contribution is 2.18. The predicted octanol–water partition coefficient (Wildman–Crippen LogP) is 3.47. The third kappa shape index (κ3) is 4.16. The highest BCUT2D eigenvalue weighted by Gasteiger charge is 2.21. The Morgan fingerprint density at radius 3 is 2.15 bits per heavy atom. The molecule has 0 aliphatic rings. The molecular formula is C15H20N2OS2. The lowest BCUT2D eigenvalue weighted by Crippen LogP contribution is -2.42. The van der Waals surface area contributed by atoms with Crippen LogP contribution in [0.25, 0.3) is 0 Å². The molecular weight excluding hydrogens is 288 g/mol. The fourth-order valence-electron chi connectivity index (χ4n) is 2.06. The van der Waals surface area contributed by atoms with Gasteiger partial charge in [-0.05, 0) is 29.3 Å². The second-order valence-electron chi connectivity index (χ2n) is 4.75. The summed E-state index contributed by atoms with van der Waals surface area (Å²) in [5.41, 5.74) is 6.00. The molecule has 2 N–H and O–H groups in total. The topological polar surface area (TPSA) is 46.3 Å². The minimum atomic E-state index is -0.389. The zero-order chi connectivity index (χ0) is 14.4. The van der Waals surface area contributed by atoms with Gasteiger partial charge in [-0.25, -0.2) is 0 Å². The van der Waals surface area contributed by atoms with Gasteiger partial charge in [-0.15, -0.1) is 22.7 Å². The van der Waals surface area contributed by atoms with Crippen LogP contribution in [0.4, 0.5) is 0 Å². The lowest BCUT2D eigenvalue weighted by Gasteiger charge is -2.24. The zero-order valence-corrected chi connectivity index (χ0v) is 13.3. The Kier molecular flexibility index (Phi) is 5.76. The van der Waals surface area contributed by atoms with E-state index in [1.807, 2.05) is 27.8 Å². The van der Waals surface area contributed by atoms with E-state index >= 15 is 0 Å². The third-order valence-corrected chi connectivity index (χ3v) is 4.80. The summed E-state index contributed by atoms with van der Waals surface area (Å²) in [6, 6.07) is 7.76. The van der Waals surface area contributed by atoms with Crippen molar-refractivity contribution in [2.45, 2.75) is 38.9 Å². The normalized spacial score (nSPS) is 12.3. The van der Waals surface area contributed by atoms with Gasteiger partial charge < -0.3 is 10.6 Å². The van der Waals surface area contributed by atoms with Crippen LogP contribution in [-0.4, -0.2) is 16.8 Å². The van der Waals surface area contributed by atoms with Gasteiger partial charge in [-0.3, -0.25) is 4.79 Å². The second kappa shape index (κ2) is 7.57. The number of rotatable bonds is 7. The third-order valence-electron chi connectivity index (χ3n) is 3.08. The molecule has 2 rings (SSSR count). The highest BCUT2D eigenvalue weighted by atomic mass is 32.1. The standard InChI is InChI=1S/C15H20N2OS2/c1-2-5-14(16)15(18)17(10-12-6-3-8-19-12)11-13-7-4-9-20-13/h3-4,6-9,14H,2,5,10-11,16H2,1H3/t14-/m1/s1. The van der Waals surface area contributed by atoms with Gasteiger partial charge in [0.1, 0.15) is 0 Å². The number of hydrogen-bond donors (Lipinski definition) is 1. The van der Waals surface area contributed by atoms with Crippen LogP contribution in [0.2, 0.25) is 0 Å². The van der Waals surface area contributed by atoms with Crippen molar-refractivity contribution >= 4 is 28.6 Å². The number of thiophene rings is 2. The average Bonchev–Trinajstić information content (AvgIpc) is 3.10. The van der Waals surface area contributed by atoms with Gasteiger partial charge >= 0.3 is 0 Å². The summed E-state index contributed by atoms with van der Waals surface area (Å²) in [4.78, 5) is 16.8. The van der Waals surface area contributed by atoms with Crippen LogP contribution < -0.4 is 5.73 Å². The second-order valence-corrected chi connectivity index (χ2v) is 6.81. The van der Waals surface area contributed by atoms with E-state index in [1.54, 1.807) is 22.7 Å². The van der Waals surface area contributed by atoms with Gasteiger partial charge in [0.25, 0.3) is 0 Å². The molecule has 0 aromatic carbocycles. The first-order valence-electron chi connectivity index (χ1n) is 6.79. The molecule has 0 bridgehead atoms. The molecule has 0 saturated heterocycles. The van der Waals surface area contributed by atoms with Crippen LogP contribution in [0.3, 0.4) is 0 Å². The van der Waals surface area contributed by atoms with Crippen LogP contribution in [0.5, 0.6) is 0 Å². The van der Waals surface area contributed by atoms with Crippen LogP contribution in [-0.2, 0) is 17.9 Å². The lowest BCUT2D eigenvalue weighted by molar-refractivity contribution is -0.133. The predicted molar refractivity (Wildman–Crippen MR) is 85.8 cm³/mol. The molecule has 2 aromatic rings. The van der Waals surface area contributed by atoms with Crippen molar-refractivity contribution in [1.29, 1.82) is 0 Å². The number of carbonyl (C=O) groups is 1. The molecule has 0 spiro atoms. The van der Waals surface area contributed by atoms with Crippen LogP contribution in [0.1, 0.15) is 29.5 Å². The highest BCUT2D eigenvalue weighted by molar-refractivity contribution is 7.10. The van der Waals surface area contributed by atoms with Gasteiger partial charge in [0.05, 0.1) is 19.1 Å². The number of amides is 1. The Morgan fingerprint density at radius 2 is 1.75 bits per heavy atom. The molecule has 0 aliphatic carbocycles. The van der Waals surface area contributed by atoms with Crippen molar-refractivity contribution in [1.82, 2.24) is 4.90 Å². The first-order chi connectivity index (χ1) is 9.70. The molecule has 1 amide bonds. The summed E-state index contributed by atoms with van der Waals surface area (Å²) in [6.45, 7) is 3.34. The van der Waals surface area contributed by atoms with E-state index in [0.717, 1.165) is 12.8 Å². The zero-order valence-electron chi connectivity index (χ0n) is 11.6. The van der Waals surface area contributed by atoms with E-state index < -0.39 is 0 Å². The Morgan fingerprint density at radius 1 is 1.20 bits per heavy atom. The van der Waals surface area contributed by atoms with E-state index in [4.69, 9.17) is 5.73 Å². The first-order valence-corrected chi connectivity index (χ1v) is 8.55. The van der Waals surface area contributed by atoms with Gasteiger partial charge in [0, 0.05) is 9.75 Å². The summed E-state index contributed by atoms with van der Waals surface area (Å²) >= 11 is 3.35. The fourth-order valence-corrected chi connectivity index (χ4v) is 3.50. The molecule has 20 heavy (non-hydrogen) atoms. The summed E-state index contributed by atoms with van der Waals surface area (Å²) < 4.78 is 0. The van der Waals surface area contributed by atoms with Crippen molar-refractivity contribution in [2.75, 3.05) is 0 Å². The van der Waals surface area contributed by atoms with E-state index in [-0.39, 0.29) is 11.9 Å². The van der Waals surface area contributed by atoms with Gasteiger partial charge in [-0.2, -0.15) is 0 Å². The largest absolute Gasteiger partial charge is 0.331 e. The molecule has 0 unspecified atom stereocenters. The van der Waals surface area contributed by atoms with E-state index in [1.165, 1.54) is 9.75 Å². The molecule has 108 valence electrons.